The van der Waals surface area contributed by atoms with Gasteiger partial charge in [0.15, 0.2) is 0 Å². The smallest absolute Gasteiger partial charge is 0.254 e. The summed E-state index contributed by atoms with van der Waals surface area (Å²) in [6.45, 7) is 0.819. The van der Waals surface area contributed by atoms with Crippen molar-refractivity contribution in [2.75, 3.05) is 24.5 Å². The summed E-state index contributed by atoms with van der Waals surface area (Å²) in [6, 6.07) is 0. The first-order valence-electron chi connectivity index (χ1n) is 8.08. The topological polar surface area (TPSA) is 63.1 Å². The predicted octanol–water partition coefficient (Wildman–Crippen LogP) is 2.02. The van der Waals surface area contributed by atoms with Crippen molar-refractivity contribution in [2.45, 2.75) is 12.8 Å². The number of amides is 1. The van der Waals surface area contributed by atoms with Gasteiger partial charge in [0.2, 0.25) is 11.6 Å². The molecule has 1 saturated heterocycles. The Morgan fingerprint density at radius 3 is 2.35 bits per heavy atom. The maximum Gasteiger partial charge on any atom is 0.254 e. The summed E-state index contributed by atoms with van der Waals surface area (Å²) in [6.07, 6.45) is 4.07. The molecule has 3 heterocycles. The molecule has 0 spiro atoms. The Kier molecular flexibility index (Phi) is 5.10. The van der Waals surface area contributed by atoms with Gasteiger partial charge >= 0.3 is 0 Å². The molecule has 140 valence electrons. The molecular weight excluding hydrogens is 354 g/mol. The molecule has 1 amide bonds. The third-order valence-electron chi connectivity index (χ3n) is 4.42. The van der Waals surface area contributed by atoms with Gasteiger partial charge in [0, 0.05) is 32.9 Å². The SMILES string of the molecule is Cn1cc(C(=O)NCC2CCN(c3c(F)c(F)nc(F)c3F)CC2)cn1. The minimum atomic E-state index is -1.66. The molecule has 1 aliphatic rings. The molecule has 3 rings (SSSR count). The fourth-order valence-corrected chi connectivity index (χ4v) is 2.99. The molecule has 1 fully saturated rings. The van der Waals surface area contributed by atoms with Gasteiger partial charge in [0.05, 0.1) is 11.8 Å². The van der Waals surface area contributed by atoms with E-state index in [1.165, 1.54) is 15.8 Å². The van der Waals surface area contributed by atoms with E-state index in [2.05, 4.69) is 15.4 Å². The summed E-state index contributed by atoms with van der Waals surface area (Å²) < 4.78 is 55.7. The fraction of sp³-hybridized carbons (Fsp3) is 0.438. The molecule has 0 aliphatic carbocycles. The molecule has 0 saturated carbocycles. The summed E-state index contributed by atoms with van der Waals surface area (Å²) in [5.41, 5.74) is -0.287. The van der Waals surface area contributed by atoms with E-state index in [1.54, 1.807) is 13.2 Å². The zero-order valence-corrected chi connectivity index (χ0v) is 14.0. The molecule has 0 aromatic carbocycles. The van der Waals surface area contributed by atoms with Crippen LogP contribution < -0.4 is 10.2 Å². The Balaban J connectivity index is 1.57. The average Bonchev–Trinajstić information content (AvgIpc) is 3.06. The minimum absolute atomic E-state index is 0.0922. The van der Waals surface area contributed by atoms with Crippen molar-refractivity contribution in [3.05, 3.63) is 41.5 Å². The zero-order valence-electron chi connectivity index (χ0n) is 14.0. The number of carbonyl (C=O) groups is 1. The Hall–Kier alpha value is -2.65. The van der Waals surface area contributed by atoms with Crippen LogP contribution in [0.5, 0.6) is 0 Å². The number of halogens is 4. The van der Waals surface area contributed by atoms with Crippen molar-refractivity contribution >= 4 is 11.6 Å². The van der Waals surface area contributed by atoms with Crippen LogP contribution in [0.15, 0.2) is 12.4 Å². The molecule has 0 atom stereocenters. The van der Waals surface area contributed by atoms with E-state index in [9.17, 15) is 22.4 Å². The third-order valence-corrected chi connectivity index (χ3v) is 4.42. The summed E-state index contributed by atoms with van der Waals surface area (Å²) in [4.78, 5) is 15.8. The maximum absolute atomic E-state index is 13.8. The highest BCUT2D eigenvalue weighted by molar-refractivity contribution is 5.93. The number of hydrogen-bond donors (Lipinski definition) is 1. The van der Waals surface area contributed by atoms with E-state index in [0.717, 1.165) is 0 Å². The van der Waals surface area contributed by atoms with E-state index in [0.29, 0.717) is 24.9 Å². The van der Waals surface area contributed by atoms with E-state index in [1.807, 2.05) is 0 Å². The highest BCUT2D eigenvalue weighted by Crippen LogP contribution is 2.29. The second-order valence-electron chi connectivity index (χ2n) is 6.21. The molecule has 0 bridgehead atoms. The molecule has 10 heteroatoms. The molecule has 2 aromatic rings. The van der Waals surface area contributed by atoms with Gasteiger partial charge in [0.25, 0.3) is 17.8 Å². The molecule has 0 radical (unpaired) electrons. The number of anilines is 1. The predicted molar refractivity (Wildman–Crippen MR) is 84.5 cm³/mol. The van der Waals surface area contributed by atoms with Crippen molar-refractivity contribution in [3.63, 3.8) is 0 Å². The number of aryl methyl sites for hydroxylation is 1. The van der Waals surface area contributed by atoms with Gasteiger partial charge in [-0.1, -0.05) is 0 Å². The first kappa shape index (κ1) is 18.2. The number of rotatable bonds is 4. The van der Waals surface area contributed by atoms with Gasteiger partial charge in [0.1, 0.15) is 5.69 Å². The standard InChI is InChI=1S/C16H17F4N5O/c1-24-8-10(7-22-24)16(26)21-6-9-2-4-25(5-3-9)13-11(17)14(19)23-15(20)12(13)18/h7-9H,2-6H2,1H3,(H,21,26). The van der Waals surface area contributed by atoms with Crippen LogP contribution in [-0.2, 0) is 7.05 Å². The summed E-state index contributed by atoms with van der Waals surface area (Å²) in [5, 5.41) is 6.71. The number of piperidine rings is 1. The second-order valence-corrected chi connectivity index (χ2v) is 6.21. The van der Waals surface area contributed by atoms with Crippen LogP contribution in [0.2, 0.25) is 0 Å². The van der Waals surface area contributed by atoms with Crippen LogP contribution in [0.1, 0.15) is 23.2 Å². The fourth-order valence-electron chi connectivity index (χ4n) is 2.99. The van der Waals surface area contributed by atoms with Gasteiger partial charge in [-0.05, 0) is 18.8 Å². The van der Waals surface area contributed by atoms with Crippen LogP contribution >= 0.6 is 0 Å². The monoisotopic (exact) mass is 371 g/mol. The summed E-state index contributed by atoms with van der Waals surface area (Å²) >= 11 is 0. The van der Waals surface area contributed by atoms with Crippen molar-refractivity contribution in [1.82, 2.24) is 20.1 Å². The number of nitrogens with zero attached hydrogens (tertiary/aromatic N) is 4. The summed E-state index contributed by atoms with van der Waals surface area (Å²) in [7, 11) is 1.70. The Morgan fingerprint density at radius 2 is 1.81 bits per heavy atom. The molecule has 6 nitrogen and oxygen atoms in total. The molecular formula is C16H17F4N5O. The van der Waals surface area contributed by atoms with Gasteiger partial charge in [-0.3, -0.25) is 9.48 Å². The molecule has 1 aliphatic heterocycles. The lowest BCUT2D eigenvalue weighted by Crippen LogP contribution is -2.39. The number of aromatic nitrogens is 3. The third kappa shape index (κ3) is 3.63. The lowest BCUT2D eigenvalue weighted by Gasteiger charge is -2.33. The van der Waals surface area contributed by atoms with Crippen molar-refractivity contribution in [1.29, 1.82) is 0 Å². The van der Waals surface area contributed by atoms with Gasteiger partial charge in [-0.2, -0.15) is 27.6 Å². The van der Waals surface area contributed by atoms with Crippen molar-refractivity contribution in [3.8, 4) is 0 Å². The normalized spacial score (nSPS) is 15.3. The number of carbonyl (C=O) groups excluding carboxylic acids is 1. The van der Waals surface area contributed by atoms with Crippen LogP contribution in [0.3, 0.4) is 0 Å². The van der Waals surface area contributed by atoms with Gasteiger partial charge in [-0.25, -0.2) is 0 Å². The zero-order chi connectivity index (χ0) is 18.8. The molecule has 0 unspecified atom stereocenters. The Morgan fingerprint density at radius 1 is 1.19 bits per heavy atom. The molecule has 2 aromatic heterocycles. The van der Waals surface area contributed by atoms with Gasteiger partial charge in [-0.15, -0.1) is 0 Å². The van der Waals surface area contributed by atoms with Crippen LogP contribution in [-0.4, -0.2) is 40.3 Å². The Labute approximate surface area is 146 Å². The number of pyridine rings is 1. The highest BCUT2D eigenvalue weighted by atomic mass is 19.2. The van der Waals surface area contributed by atoms with Gasteiger partial charge < -0.3 is 10.2 Å². The maximum atomic E-state index is 13.8. The van der Waals surface area contributed by atoms with E-state index < -0.39 is 29.2 Å². The minimum Gasteiger partial charge on any atom is -0.366 e. The van der Waals surface area contributed by atoms with Crippen LogP contribution in [0.4, 0.5) is 23.2 Å². The van der Waals surface area contributed by atoms with Crippen molar-refractivity contribution in [2.24, 2.45) is 13.0 Å². The molecule has 1 N–H and O–H groups in total. The van der Waals surface area contributed by atoms with E-state index in [-0.39, 0.29) is 24.9 Å². The highest BCUT2D eigenvalue weighted by Gasteiger charge is 2.28. The van der Waals surface area contributed by atoms with E-state index >= 15 is 0 Å². The number of nitrogens with one attached hydrogen (secondary N) is 1. The van der Waals surface area contributed by atoms with Crippen LogP contribution in [0, 0.1) is 29.4 Å². The van der Waals surface area contributed by atoms with Crippen LogP contribution in [0.25, 0.3) is 0 Å². The van der Waals surface area contributed by atoms with Crippen molar-refractivity contribution < 1.29 is 22.4 Å². The first-order valence-corrected chi connectivity index (χ1v) is 8.08. The average molecular weight is 371 g/mol. The quantitative estimate of drug-likeness (QED) is 0.660. The first-order chi connectivity index (χ1) is 12.4. The second kappa shape index (κ2) is 7.30. The summed E-state index contributed by atoms with van der Waals surface area (Å²) in [5.74, 6) is -6.47. The van der Waals surface area contributed by atoms with E-state index in [4.69, 9.17) is 0 Å². The Bertz CT molecular complexity index is 791. The lowest BCUT2D eigenvalue weighted by molar-refractivity contribution is 0.0945. The number of hydrogen-bond acceptors (Lipinski definition) is 4. The lowest BCUT2D eigenvalue weighted by atomic mass is 9.96. The largest absolute Gasteiger partial charge is 0.366 e. The molecule has 26 heavy (non-hydrogen) atoms.